The number of nitrogens with zero attached hydrogens (tertiary/aromatic N) is 1. The van der Waals surface area contributed by atoms with Crippen molar-refractivity contribution in [2.45, 2.75) is 25.7 Å². The topological polar surface area (TPSA) is 42.0 Å². The van der Waals surface area contributed by atoms with Crippen molar-refractivity contribution >= 4 is 11.6 Å². The molecule has 1 aliphatic carbocycles. The summed E-state index contributed by atoms with van der Waals surface area (Å²) in [4.78, 5) is 16.3. The molecule has 1 saturated carbocycles. The van der Waals surface area contributed by atoms with Crippen LogP contribution in [-0.2, 0) is 4.79 Å². The number of rotatable bonds is 3. The Labute approximate surface area is 119 Å². The van der Waals surface area contributed by atoms with Gasteiger partial charge in [-0.3, -0.25) is 9.78 Å². The lowest BCUT2D eigenvalue weighted by Crippen LogP contribution is -2.20. The van der Waals surface area contributed by atoms with E-state index in [0.717, 1.165) is 29.7 Å². The molecule has 1 amide bonds. The van der Waals surface area contributed by atoms with Crippen LogP contribution in [-0.4, -0.2) is 10.9 Å². The first-order valence-corrected chi connectivity index (χ1v) is 7.14. The minimum absolute atomic E-state index is 0.158. The fraction of sp³-hybridized carbons (Fsp3) is 0.294. The van der Waals surface area contributed by atoms with Crippen LogP contribution in [0, 0.1) is 5.92 Å². The summed E-state index contributed by atoms with van der Waals surface area (Å²) in [7, 11) is 0. The van der Waals surface area contributed by atoms with E-state index < -0.39 is 0 Å². The first-order valence-electron chi connectivity index (χ1n) is 7.14. The lowest BCUT2D eigenvalue weighted by Gasteiger charge is -2.11. The highest BCUT2D eigenvalue weighted by molar-refractivity contribution is 5.93. The predicted octanol–water partition coefficient (Wildman–Crippen LogP) is 3.88. The van der Waals surface area contributed by atoms with E-state index in [2.05, 4.69) is 10.3 Å². The van der Waals surface area contributed by atoms with Crippen molar-refractivity contribution in [3.8, 4) is 11.1 Å². The summed E-state index contributed by atoms with van der Waals surface area (Å²) >= 11 is 0. The quantitative estimate of drug-likeness (QED) is 0.916. The smallest absolute Gasteiger partial charge is 0.227 e. The maximum Gasteiger partial charge on any atom is 0.227 e. The van der Waals surface area contributed by atoms with Crippen LogP contribution in [0.5, 0.6) is 0 Å². The van der Waals surface area contributed by atoms with Crippen molar-refractivity contribution in [2.24, 2.45) is 5.92 Å². The van der Waals surface area contributed by atoms with Gasteiger partial charge in [0, 0.05) is 29.6 Å². The Balaban J connectivity index is 1.76. The van der Waals surface area contributed by atoms with E-state index in [0.29, 0.717) is 0 Å². The zero-order chi connectivity index (χ0) is 13.8. The summed E-state index contributed by atoms with van der Waals surface area (Å²) < 4.78 is 0. The van der Waals surface area contributed by atoms with Gasteiger partial charge < -0.3 is 5.32 Å². The van der Waals surface area contributed by atoms with Crippen molar-refractivity contribution in [2.75, 3.05) is 5.32 Å². The molecule has 3 nitrogen and oxygen atoms in total. The number of carbonyl (C=O) groups is 1. The highest BCUT2D eigenvalue weighted by atomic mass is 16.1. The van der Waals surface area contributed by atoms with Gasteiger partial charge in [-0.25, -0.2) is 0 Å². The van der Waals surface area contributed by atoms with Crippen molar-refractivity contribution in [3.63, 3.8) is 0 Å². The summed E-state index contributed by atoms with van der Waals surface area (Å²) in [5.74, 6) is 0.350. The average Bonchev–Trinajstić information content (AvgIpc) is 3.03. The zero-order valence-corrected chi connectivity index (χ0v) is 11.4. The summed E-state index contributed by atoms with van der Waals surface area (Å²) in [5.41, 5.74) is 3.00. The predicted molar refractivity (Wildman–Crippen MR) is 80.3 cm³/mol. The fourth-order valence-corrected chi connectivity index (χ4v) is 2.74. The summed E-state index contributed by atoms with van der Waals surface area (Å²) in [6.07, 6.45) is 7.98. The van der Waals surface area contributed by atoms with Crippen LogP contribution in [0.2, 0.25) is 0 Å². The molecular formula is C17H18N2O. The largest absolute Gasteiger partial charge is 0.326 e. The Morgan fingerprint density at radius 3 is 2.65 bits per heavy atom. The van der Waals surface area contributed by atoms with Crippen LogP contribution >= 0.6 is 0 Å². The Hall–Kier alpha value is -2.16. The molecule has 0 aliphatic heterocycles. The van der Waals surface area contributed by atoms with Gasteiger partial charge in [0.25, 0.3) is 0 Å². The van der Waals surface area contributed by atoms with Crippen molar-refractivity contribution in [1.29, 1.82) is 0 Å². The second kappa shape index (κ2) is 5.87. The molecule has 0 atom stereocenters. The Morgan fingerprint density at radius 1 is 1.10 bits per heavy atom. The third kappa shape index (κ3) is 2.87. The Morgan fingerprint density at radius 2 is 1.90 bits per heavy atom. The number of hydrogen-bond acceptors (Lipinski definition) is 2. The highest BCUT2D eigenvalue weighted by Gasteiger charge is 2.22. The first-order chi connectivity index (χ1) is 9.83. The highest BCUT2D eigenvalue weighted by Crippen LogP contribution is 2.27. The van der Waals surface area contributed by atoms with Crippen molar-refractivity contribution < 1.29 is 4.79 Å². The van der Waals surface area contributed by atoms with Crippen LogP contribution in [0.15, 0.2) is 48.8 Å². The molecule has 3 rings (SSSR count). The molecule has 0 bridgehead atoms. The van der Waals surface area contributed by atoms with Gasteiger partial charge in [-0.1, -0.05) is 31.0 Å². The van der Waals surface area contributed by atoms with Gasteiger partial charge in [-0.05, 0) is 36.6 Å². The number of nitrogens with one attached hydrogen (secondary N) is 1. The maximum atomic E-state index is 12.1. The number of hydrogen-bond donors (Lipinski definition) is 1. The third-order valence-electron chi connectivity index (χ3n) is 3.85. The molecule has 20 heavy (non-hydrogen) atoms. The van der Waals surface area contributed by atoms with Crippen molar-refractivity contribution in [3.05, 3.63) is 48.8 Å². The number of amides is 1. The number of aromatic nitrogens is 1. The minimum atomic E-state index is 0.158. The molecule has 0 spiro atoms. The molecule has 1 aromatic carbocycles. The normalized spacial score (nSPS) is 15.2. The summed E-state index contributed by atoms with van der Waals surface area (Å²) in [5, 5.41) is 3.03. The van der Waals surface area contributed by atoms with Gasteiger partial charge in [0.2, 0.25) is 5.91 Å². The second-order valence-corrected chi connectivity index (χ2v) is 5.29. The van der Waals surface area contributed by atoms with E-state index in [1.54, 1.807) is 6.20 Å². The van der Waals surface area contributed by atoms with Crippen LogP contribution in [0.4, 0.5) is 5.69 Å². The molecule has 0 unspecified atom stereocenters. The van der Waals surface area contributed by atoms with Gasteiger partial charge >= 0.3 is 0 Å². The number of carbonyl (C=O) groups excluding carboxylic acids is 1. The molecule has 102 valence electrons. The lowest BCUT2D eigenvalue weighted by molar-refractivity contribution is -0.119. The number of anilines is 1. The van der Waals surface area contributed by atoms with Crippen LogP contribution in [0.3, 0.4) is 0 Å². The molecule has 1 N–H and O–H groups in total. The molecule has 2 aromatic rings. The molecule has 0 radical (unpaired) electrons. The van der Waals surface area contributed by atoms with Crippen LogP contribution in [0.25, 0.3) is 11.1 Å². The number of benzene rings is 1. The van der Waals surface area contributed by atoms with Gasteiger partial charge in [-0.15, -0.1) is 0 Å². The molecule has 1 aromatic heterocycles. The van der Waals surface area contributed by atoms with Gasteiger partial charge in [-0.2, -0.15) is 0 Å². The fourth-order valence-electron chi connectivity index (χ4n) is 2.74. The van der Waals surface area contributed by atoms with E-state index in [1.807, 2.05) is 42.6 Å². The minimum Gasteiger partial charge on any atom is -0.326 e. The lowest BCUT2D eigenvalue weighted by atomic mass is 10.1. The van der Waals surface area contributed by atoms with Crippen LogP contribution < -0.4 is 5.32 Å². The SMILES string of the molecule is O=C(Nc1cccc(-c2cccnc2)c1)C1CCCC1. The summed E-state index contributed by atoms with van der Waals surface area (Å²) in [6, 6.07) is 11.9. The van der Waals surface area contributed by atoms with Crippen molar-refractivity contribution in [1.82, 2.24) is 4.98 Å². The van der Waals surface area contributed by atoms with Gasteiger partial charge in [0.1, 0.15) is 0 Å². The Bertz CT molecular complexity index is 589. The summed E-state index contributed by atoms with van der Waals surface area (Å²) in [6.45, 7) is 0. The van der Waals surface area contributed by atoms with E-state index in [4.69, 9.17) is 0 Å². The molecule has 0 saturated heterocycles. The van der Waals surface area contributed by atoms with E-state index in [1.165, 1.54) is 12.8 Å². The molecule has 3 heteroatoms. The van der Waals surface area contributed by atoms with Crippen LogP contribution in [0.1, 0.15) is 25.7 Å². The Kier molecular flexibility index (Phi) is 3.77. The monoisotopic (exact) mass is 266 g/mol. The average molecular weight is 266 g/mol. The molecule has 1 heterocycles. The van der Waals surface area contributed by atoms with E-state index in [9.17, 15) is 4.79 Å². The standard InChI is InChI=1S/C17H18N2O/c20-17(13-5-1-2-6-13)19-16-9-3-7-14(11-16)15-8-4-10-18-12-15/h3-4,7-13H,1-2,5-6H2,(H,19,20). The van der Waals surface area contributed by atoms with Gasteiger partial charge in [0.15, 0.2) is 0 Å². The second-order valence-electron chi connectivity index (χ2n) is 5.29. The van der Waals surface area contributed by atoms with Gasteiger partial charge in [0.05, 0.1) is 0 Å². The third-order valence-corrected chi connectivity index (χ3v) is 3.85. The zero-order valence-electron chi connectivity index (χ0n) is 11.4. The molecular weight excluding hydrogens is 248 g/mol. The maximum absolute atomic E-state index is 12.1. The molecule has 1 fully saturated rings. The van der Waals surface area contributed by atoms with E-state index in [-0.39, 0.29) is 11.8 Å². The first kappa shape index (κ1) is 12.9. The molecule has 1 aliphatic rings. The number of pyridine rings is 1. The van der Waals surface area contributed by atoms with E-state index >= 15 is 0 Å².